The second kappa shape index (κ2) is 12.0. The zero-order valence-electron chi connectivity index (χ0n) is 22.2. The fourth-order valence-electron chi connectivity index (χ4n) is 3.82. The van der Waals surface area contributed by atoms with E-state index in [9.17, 15) is 19.2 Å². The molecule has 0 aliphatic carbocycles. The predicted octanol–water partition coefficient (Wildman–Crippen LogP) is 5.61. The summed E-state index contributed by atoms with van der Waals surface area (Å²) in [4.78, 5) is 51.2. The molecule has 4 rings (SSSR count). The van der Waals surface area contributed by atoms with Crippen LogP contribution in [-0.2, 0) is 14.4 Å². The molecule has 0 radical (unpaired) electrons. The van der Waals surface area contributed by atoms with Crippen molar-refractivity contribution in [3.63, 3.8) is 0 Å². The third kappa shape index (κ3) is 7.14. The van der Waals surface area contributed by atoms with Gasteiger partial charge in [0, 0.05) is 11.4 Å². The van der Waals surface area contributed by atoms with Crippen LogP contribution in [0.4, 0.5) is 16.2 Å². The van der Waals surface area contributed by atoms with Crippen molar-refractivity contribution in [1.29, 1.82) is 0 Å². The zero-order chi connectivity index (χ0) is 28.1. The quantitative estimate of drug-likeness (QED) is 0.358. The first-order valence-electron chi connectivity index (χ1n) is 12.3. The van der Waals surface area contributed by atoms with E-state index < -0.39 is 17.1 Å². The highest BCUT2D eigenvalue weighted by Crippen LogP contribution is 2.32. The average Bonchev–Trinajstić information content (AvgIpc) is 3.15. The SMILES string of the molecule is Cc1ccc(C)c(NC(=O)CN2C(=O)S/C(=C\c3ccc(OCC(=O)Nc4ccc(C)c(C)c4)cc3)C2=O)c1. The topological polar surface area (TPSA) is 105 Å². The van der Waals surface area contributed by atoms with Gasteiger partial charge in [0.2, 0.25) is 5.91 Å². The Labute approximate surface area is 231 Å². The lowest BCUT2D eigenvalue weighted by atomic mass is 10.1. The molecule has 1 aliphatic rings. The van der Waals surface area contributed by atoms with Gasteiger partial charge in [-0.3, -0.25) is 24.1 Å². The molecule has 8 nitrogen and oxygen atoms in total. The number of benzene rings is 3. The molecule has 200 valence electrons. The molecule has 1 saturated heterocycles. The molecule has 3 aromatic carbocycles. The highest BCUT2D eigenvalue weighted by molar-refractivity contribution is 8.18. The summed E-state index contributed by atoms with van der Waals surface area (Å²) in [6.07, 6.45) is 1.59. The van der Waals surface area contributed by atoms with Gasteiger partial charge in [0.1, 0.15) is 12.3 Å². The molecule has 3 aromatic rings. The van der Waals surface area contributed by atoms with E-state index in [1.807, 2.05) is 64.1 Å². The van der Waals surface area contributed by atoms with Crippen LogP contribution in [0.25, 0.3) is 6.08 Å². The van der Waals surface area contributed by atoms with Crippen LogP contribution in [0.3, 0.4) is 0 Å². The highest BCUT2D eigenvalue weighted by atomic mass is 32.2. The second-order valence-corrected chi connectivity index (χ2v) is 10.3. The molecule has 0 aromatic heterocycles. The molecule has 1 aliphatic heterocycles. The van der Waals surface area contributed by atoms with Crippen molar-refractivity contribution in [3.8, 4) is 5.75 Å². The van der Waals surface area contributed by atoms with Crippen LogP contribution in [0.2, 0.25) is 0 Å². The summed E-state index contributed by atoms with van der Waals surface area (Å²) in [5.74, 6) is -0.768. The fourth-order valence-corrected chi connectivity index (χ4v) is 4.66. The maximum Gasteiger partial charge on any atom is 0.294 e. The Bertz CT molecular complexity index is 1480. The summed E-state index contributed by atoms with van der Waals surface area (Å²) in [5.41, 5.74) is 6.13. The molecule has 9 heteroatoms. The number of hydrogen-bond donors (Lipinski definition) is 2. The molecule has 4 amide bonds. The summed E-state index contributed by atoms with van der Waals surface area (Å²) in [7, 11) is 0. The molecule has 0 saturated carbocycles. The Kier molecular flexibility index (Phi) is 8.51. The van der Waals surface area contributed by atoms with Crippen molar-refractivity contribution >= 4 is 52.2 Å². The molecule has 39 heavy (non-hydrogen) atoms. The molecule has 0 unspecified atom stereocenters. The minimum atomic E-state index is -0.524. The molecule has 0 atom stereocenters. The average molecular weight is 544 g/mol. The lowest BCUT2D eigenvalue weighted by Crippen LogP contribution is -2.36. The summed E-state index contributed by atoms with van der Waals surface area (Å²) >= 11 is 0.786. The van der Waals surface area contributed by atoms with Crippen molar-refractivity contribution in [2.75, 3.05) is 23.8 Å². The van der Waals surface area contributed by atoms with Gasteiger partial charge in [-0.2, -0.15) is 0 Å². The molecule has 1 heterocycles. The highest BCUT2D eigenvalue weighted by Gasteiger charge is 2.36. The third-order valence-corrected chi connectivity index (χ3v) is 7.09. The number of nitrogens with one attached hydrogen (secondary N) is 2. The van der Waals surface area contributed by atoms with E-state index in [1.54, 1.807) is 30.3 Å². The standard InChI is InChI=1S/C30H29N3O5S/c1-18-5-6-20(3)25(13-18)32-27(34)16-33-29(36)26(39-30(33)37)15-22-8-11-24(12-9-22)38-17-28(35)31-23-10-7-19(2)21(4)14-23/h5-15H,16-17H2,1-4H3,(H,31,35)(H,32,34)/b26-15-. The Morgan fingerprint density at radius 2 is 1.56 bits per heavy atom. The van der Waals surface area contributed by atoms with Gasteiger partial charge in [0.15, 0.2) is 6.61 Å². The predicted molar refractivity (Wildman–Crippen MR) is 154 cm³/mol. The third-order valence-electron chi connectivity index (χ3n) is 6.18. The number of aryl methyl sites for hydroxylation is 4. The van der Waals surface area contributed by atoms with Gasteiger partial charge in [-0.05, 0) is 104 Å². The van der Waals surface area contributed by atoms with Crippen LogP contribution < -0.4 is 15.4 Å². The summed E-state index contributed by atoms with van der Waals surface area (Å²) < 4.78 is 5.57. The van der Waals surface area contributed by atoms with Gasteiger partial charge in [-0.25, -0.2) is 0 Å². The summed E-state index contributed by atoms with van der Waals surface area (Å²) in [6.45, 7) is 7.25. The van der Waals surface area contributed by atoms with E-state index in [0.717, 1.165) is 38.9 Å². The number of amides is 4. The number of hydrogen-bond acceptors (Lipinski definition) is 6. The molecule has 2 N–H and O–H groups in total. The van der Waals surface area contributed by atoms with Crippen LogP contribution >= 0.6 is 11.8 Å². The van der Waals surface area contributed by atoms with Crippen LogP contribution in [0.5, 0.6) is 5.75 Å². The zero-order valence-corrected chi connectivity index (χ0v) is 23.0. The molecule has 0 spiro atoms. The van der Waals surface area contributed by atoms with Gasteiger partial charge in [-0.15, -0.1) is 0 Å². The Morgan fingerprint density at radius 1 is 0.846 bits per heavy atom. The van der Waals surface area contributed by atoms with E-state index in [4.69, 9.17) is 4.74 Å². The van der Waals surface area contributed by atoms with E-state index >= 15 is 0 Å². The largest absolute Gasteiger partial charge is 0.484 e. The number of ether oxygens (including phenoxy) is 1. The van der Waals surface area contributed by atoms with E-state index in [1.165, 1.54) is 0 Å². The smallest absolute Gasteiger partial charge is 0.294 e. The number of carbonyl (C=O) groups excluding carboxylic acids is 4. The monoisotopic (exact) mass is 543 g/mol. The van der Waals surface area contributed by atoms with E-state index in [0.29, 0.717) is 22.7 Å². The lowest BCUT2D eigenvalue weighted by molar-refractivity contribution is -0.127. The van der Waals surface area contributed by atoms with Gasteiger partial charge in [0.05, 0.1) is 4.91 Å². The Hall–Kier alpha value is -4.37. The van der Waals surface area contributed by atoms with Crippen molar-refractivity contribution in [2.45, 2.75) is 27.7 Å². The van der Waals surface area contributed by atoms with Crippen molar-refractivity contribution < 1.29 is 23.9 Å². The second-order valence-electron chi connectivity index (χ2n) is 9.34. The van der Waals surface area contributed by atoms with Gasteiger partial charge in [0.25, 0.3) is 17.1 Å². The van der Waals surface area contributed by atoms with E-state index in [2.05, 4.69) is 10.6 Å². The number of rotatable bonds is 8. The summed E-state index contributed by atoms with van der Waals surface area (Å²) in [5, 5.41) is 5.08. The number of thioether (sulfide) groups is 1. The van der Waals surface area contributed by atoms with Gasteiger partial charge < -0.3 is 15.4 Å². The normalized spacial score (nSPS) is 14.1. The maximum absolute atomic E-state index is 12.8. The molecule has 0 bridgehead atoms. The fraction of sp³-hybridized carbons (Fsp3) is 0.200. The van der Waals surface area contributed by atoms with Crippen LogP contribution in [0.15, 0.2) is 65.6 Å². The lowest BCUT2D eigenvalue weighted by Gasteiger charge is -2.14. The van der Waals surface area contributed by atoms with Crippen molar-refractivity contribution in [3.05, 3.63) is 93.4 Å². The number of carbonyl (C=O) groups is 4. The molecule has 1 fully saturated rings. The van der Waals surface area contributed by atoms with Crippen LogP contribution in [0.1, 0.15) is 27.8 Å². The van der Waals surface area contributed by atoms with Crippen LogP contribution in [0, 0.1) is 27.7 Å². The maximum atomic E-state index is 12.8. The first-order chi connectivity index (χ1) is 18.6. The van der Waals surface area contributed by atoms with E-state index in [-0.39, 0.29) is 24.0 Å². The van der Waals surface area contributed by atoms with Crippen molar-refractivity contribution in [1.82, 2.24) is 4.90 Å². The first-order valence-corrected chi connectivity index (χ1v) is 13.1. The van der Waals surface area contributed by atoms with Crippen LogP contribution in [-0.4, -0.2) is 41.0 Å². The Morgan fingerprint density at radius 3 is 2.28 bits per heavy atom. The molecular formula is C30H29N3O5S. The van der Waals surface area contributed by atoms with Crippen molar-refractivity contribution in [2.24, 2.45) is 0 Å². The summed E-state index contributed by atoms with van der Waals surface area (Å²) in [6, 6.07) is 18.2. The van der Waals surface area contributed by atoms with Gasteiger partial charge >= 0.3 is 0 Å². The number of imide groups is 1. The minimum Gasteiger partial charge on any atom is -0.484 e. The Balaban J connectivity index is 1.31. The van der Waals surface area contributed by atoms with Gasteiger partial charge in [-0.1, -0.05) is 30.3 Å². The molecular weight excluding hydrogens is 514 g/mol. The number of anilines is 2. The number of nitrogens with zero attached hydrogens (tertiary/aromatic N) is 1. The first kappa shape index (κ1) is 27.7. The minimum absolute atomic E-state index is 0.157.